The fourth-order valence-corrected chi connectivity index (χ4v) is 2.17. The number of rotatable bonds is 4. The minimum absolute atomic E-state index is 0.0653. The van der Waals surface area contributed by atoms with Gasteiger partial charge in [0.25, 0.3) is 11.5 Å². The van der Waals surface area contributed by atoms with E-state index >= 15 is 0 Å². The number of carbonyl (C=O) groups excluding carboxylic acids is 1. The van der Waals surface area contributed by atoms with Crippen molar-refractivity contribution in [2.24, 2.45) is 0 Å². The second-order valence-electron chi connectivity index (χ2n) is 3.34. The molecule has 1 amide bonds. The molecule has 1 aromatic heterocycles. The topological polar surface area (TPSA) is 42.0 Å². The maximum absolute atomic E-state index is 12.5. The van der Waals surface area contributed by atoms with Crippen molar-refractivity contribution in [2.75, 3.05) is 0 Å². The van der Waals surface area contributed by atoms with Gasteiger partial charge in [-0.15, -0.1) is 11.3 Å². The molecule has 0 radical (unpaired) electrons. The van der Waals surface area contributed by atoms with Gasteiger partial charge in [0.2, 0.25) is 0 Å². The molecule has 2 atom stereocenters. The number of halogens is 5. The van der Waals surface area contributed by atoms with Crippen LogP contribution in [0.4, 0.5) is 17.6 Å². The molecule has 0 saturated carbocycles. The molecule has 0 aliphatic rings. The number of nitrogens with zero attached hydrogens (tertiary/aromatic N) is 1. The van der Waals surface area contributed by atoms with Crippen LogP contribution in [0.15, 0.2) is 5.38 Å². The highest BCUT2D eigenvalue weighted by Crippen LogP contribution is 2.32. The number of hydrogen-bond donors (Lipinski definition) is 1. The second-order valence-corrected chi connectivity index (χ2v) is 4.61. The lowest BCUT2D eigenvalue weighted by molar-refractivity contribution is -0.140. The molecule has 0 fully saturated rings. The van der Waals surface area contributed by atoms with E-state index in [-0.39, 0.29) is 11.4 Å². The van der Waals surface area contributed by atoms with Crippen LogP contribution in [0.3, 0.4) is 0 Å². The molecule has 0 aromatic carbocycles. The Labute approximate surface area is 109 Å². The summed E-state index contributed by atoms with van der Waals surface area (Å²) >= 11 is 5.67. The Morgan fingerprint density at radius 2 is 2.22 bits per heavy atom. The lowest BCUT2D eigenvalue weighted by Gasteiger charge is -2.14. The number of nitrogens with one attached hydrogen (secondary N) is 1. The average molecular weight is 305 g/mol. The monoisotopic (exact) mass is 304 g/mol. The third-order valence-electron chi connectivity index (χ3n) is 2.03. The smallest absolute Gasteiger partial charge is 0.343 e. The number of hydrogen-bond acceptors (Lipinski definition) is 3. The molecular weight excluding hydrogens is 296 g/mol. The van der Waals surface area contributed by atoms with Crippen LogP contribution >= 0.6 is 22.9 Å². The summed E-state index contributed by atoms with van der Waals surface area (Å²) in [6.45, 7) is 1.63. The number of alkyl halides is 5. The summed E-state index contributed by atoms with van der Waals surface area (Å²) in [7, 11) is 0. The van der Waals surface area contributed by atoms with Crippen molar-refractivity contribution in [3.63, 3.8) is 0 Å². The zero-order valence-electron chi connectivity index (χ0n) is 9.09. The number of aromatic nitrogens is 1. The van der Waals surface area contributed by atoms with Crippen LogP contribution in [0.25, 0.3) is 0 Å². The molecule has 3 nitrogen and oxygen atoms in total. The predicted molar refractivity (Wildman–Crippen MR) is 59.0 cm³/mol. The van der Waals surface area contributed by atoms with Crippen molar-refractivity contribution in [3.05, 3.63) is 16.1 Å². The maximum Gasteiger partial charge on any atom is 0.434 e. The van der Waals surface area contributed by atoms with Gasteiger partial charge < -0.3 is 5.32 Å². The summed E-state index contributed by atoms with van der Waals surface area (Å²) < 4.78 is 49.5. The Balaban J connectivity index is 2.83. The number of carbonyl (C=O) groups is 1. The molecule has 2 unspecified atom stereocenters. The standard InChI is InChI=1S/C9H9ClF4N2OS/c1-2-4(15-7(17)6(10)11)8-16-5(3-18-8)9(12,13)14/h3-4,6H,2H2,1H3,(H,15,17). The first-order valence-corrected chi connectivity index (χ1v) is 6.18. The molecule has 1 aromatic rings. The second kappa shape index (κ2) is 5.83. The van der Waals surface area contributed by atoms with Gasteiger partial charge in [0, 0.05) is 5.38 Å². The SMILES string of the molecule is CCC(NC(=O)C(F)Cl)c1nc(C(F)(F)F)cs1. The van der Waals surface area contributed by atoms with Crippen molar-refractivity contribution in [2.45, 2.75) is 31.2 Å². The Bertz CT molecular complexity index is 421. The third-order valence-corrected chi connectivity index (χ3v) is 3.19. The molecule has 0 aliphatic heterocycles. The fraction of sp³-hybridized carbons (Fsp3) is 0.556. The zero-order valence-corrected chi connectivity index (χ0v) is 10.7. The summed E-state index contributed by atoms with van der Waals surface area (Å²) in [5.74, 6) is -1.09. The van der Waals surface area contributed by atoms with E-state index in [1.54, 1.807) is 6.92 Å². The van der Waals surface area contributed by atoms with E-state index in [4.69, 9.17) is 11.6 Å². The van der Waals surface area contributed by atoms with Gasteiger partial charge in [0.15, 0.2) is 5.69 Å². The Morgan fingerprint density at radius 1 is 1.61 bits per heavy atom. The largest absolute Gasteiger partial charge is 0.434 e. The van der Waals surface area contributed by atoms with Gasteiger partial charge in [-0.25, -0.2) is 9.37 Å². The van der Waals surface area contributed by atoms with Gasteiger partial charge in [0.05, 0.1) is 6.04 Å². The normalized spacial score (nSPS) is 15.2. The Kier molecular flexibility index (Phi) is 4.92. The fourth-order valence-electron chi connectivity index (χ4n) is 1.15. The third kappa shape index (κ3) is 3.81. The zero-order chi connectivity index (χ0) is 13.9. The van der Waals surface area contributed by atoms with Crippen molar-refractivity contribution in [3.8, 4) is 0 Å². The van der Waals surface area contributed by atoms with Gasteiger partial charge in [-0.1, -0.05) is 18.5 Å². The number of amides is 1. The molecule has 1 rings (SSSR count). The van der Waals surface area contributed by atoms with Crippen LogP contribution in [-0.4, -0.2) is 16.5 Å². The first-order valence-electron chi connectivity index (χ1n) is 4.86. The van der Waals surface area contributed by atoms with Gasteiger partial charge in [-0.05, 0) is 6.42 Å². The van der Waals surface area contributed by atoms with Crippen LogP contribution in [0.1, 0.15) is 30.1 Å². The summed E-state index contributed by atoms with van der Waals surface area (Å²) in [5.41, 5.74) is -3.26. The van der Waals surface area contributed by atoms with E-state index < -0.39 is 29.5 Å². The van der Waals surface area contributed by atoms with Crippen molar-refractivity contribution >= 4 is 28.8 Å². The Hall–Kier alpha value is -0.890. The van der Waals surface area contributed by atoms with Gasteiger partial charge >= 0.3 is 6.18 Å². The van der Waals surface area contributed by atoms with E-state index in [9.17, 15) is 22.4 Å². The molecule has 1 heterocycles. The minimum atomic E-state index is -4.54. The highest BCUT2D eigenvalue weighted by atomic mass is 35.5. The van der Waals surface area contributed by atoms with E-state index in [0.717, 1.165) is 16.7 Å². The van der Waals surface area contributed by atoms with Crippen LogP contribution < -0.4 is 5.32 Å². The van der Waals surface area contributed by atoms with E-state index in [0.29, 0.717) is 0 Å². The quantitative estimate of drug-likeness (QED) is 0.685. The molecule has 1 N–H and O–H groups in total. The Morgan fingerprint density at radius 3 is 2.61 bits per heavy atom. The number of thiazole rings is 1. The molecule has 102 valence electrons. The molecule has 0 spiro atoms. The summed E-state index contributed by atoms with van der Waals surface area (Å²) in [6.07, 6.45) is -4.26. The predicted octanol–water partition coefficient (Wildman–Crippen LogP) is 3.26. The van der Waals surface area contributed by atoms with Crippen molar-refractivity contribution < 1.29 is 22.4 Å². The maximum atomic E-state index is 12.5. The average Bonchev–Trinajstić information content (AvgIpc) is 2.73. The first kappa shape index (κ1) is 15.2. The lowest BCUT2D eigenvalue weighted by atomic mass is 10.2. The molecule has 0 saturated heterocycles. The highest BCUT2D eigenvalue weighted by molar-refractivity contribution is 7.09. The minimum Gasteiger partial charge on any atom is -0.343 e. The van der Waals surface area contributed by atoms with Crippen LogP contribution in [-0.2, 0) is 11.0 Å². The van der Waals surface area contributed by atoms with Crippen molar-refractivity contribution in [1.29, 1.82) is 0 Å². The molecular formula is C9H9ClF4N2OS. The summed E-state index contributed by atoms with van der Waals surface area (Å²) in [4.78, 5) is 14.4. The molecule has 0 aliphatic carbocycles. The molecule has 9 heteroatoms. The van der Waals surface area contributed by atoms with E-state index in [2.05, 4.69) is 10.3 Å². The summed E-state index contributed by atoms with van der Waals surface area (Å²) in [5, 5.41) is 3.09. The van der Waals surface area contributed by atoms with Gasteiger partial charge in [0.1, 0.15) is 5.01 Å². The van der Waals surface area contributed by atoms with Crippen LogP contribution in [0, 0.1) is 0 Å². The van der Waals surface area contributed by atoms with Crippen LogP contribution in [0.2, 0.25) is 0 Å². The first-order chi connectivity index (χ1) is 8.25. The summed E-state index contributed by atoms with van der Waals surface area (Å²) in [6, 6.07) is -0.782. The van der Waals surface area contributed by atoms with E-state index in [1.807, 2.05) is 0 Å². The van der Waals surface area contributed by atoms with Gasteiger partial charge in [-0.3, -0.25) is 4.79 Å². The van der Waals surface area contributed by atoms with Crippen LogP contribution in [0.5, 0.6) is 0 Å². The highest BCUT2D eigenvalue weighted by Gasteiger charge is 2.34. The van der Waals surface area contributed by atoms with Gasteiger partial charge in [-0.2, -0.15) is 13.2 Å². The molecule has 18 heavy (non-hydrogen) atoms. The van der Waals surface area contributed by atoms with Crippen molar-refractivity contribution in [1.82, 2.24) is 10.3 Å². The lowest BCUT2D eigenvalue weighted by Crippen LogP contribution is -2.32. The molecule has 0 bridgehead atoms. The van der Waals surface area contributed by atoms with E-state index in [1.165, 1.54) is 0 Å².